The largest absolute Gasteiger partial charge is 0.397 e. The molecule has 0 saturated carbocycles. The zero-order chi connectivity index (χ0) is 10.6. The maximum absolute atomic E-state index is 12.8. The summed E-state index contributed by atoms with van der Waals surface area (Å²) in [6, 6.07) is 4.28. The summed E-state index contributed by atoms with van der Waals surface area (Å²) in [6.45, 7) is 6.50. The highest BCUT2D eigenvalue weighted by atomic mass is 19.1. The number of hydrogen-bond acceptors (Lipinski definition) is 2. The van der Waals surface area contributed by atoms with Crippen molar-refractivity contribution in [3.63, 3.8) is 0 Å². The van der Waals surface area contributed by atoms with Gasteiger partial charge in [-0.05, 0) is 24.6 Å². The third kappa shape index (κ3) is 2.76. The van der Waals surface area contributed by atoms with Gasteiger partial charge in [0.15, 0.2) is 0 Å². The van der Waals surface area contributed by atoms with E-state index < -0.39 is 0 Å². The minimum atomic E-state index is -0.288. The molecular weight excluding hydrogens is 179 g/mol. The Balaban J connectivity index is 2.66. The molecule has 0 spiro atoms. The minimum absolute atomic E-state index is 0.288. The average Bonchev–Trinajstić information content (AvgIpc) is 2.19. The number of rotatable bonds is 4. The molecule has 0 fully saturated rings. The molecule has 0 aliphatic heterocycles. The number of nitrogens with one attached hydrogen (secondary N) is 1. The van der Waals surface area contributed by atoms with E-state index >= 15 is 0 Å². The second kappa shape index (κ2) is 4.65. The Morgan fingerprint density at radius 1 is 1.57 bits per heavy atom. The van der Waals surface area contributed by atoms with Crippen molar-refractivity contribution in [1.82, 2.24) is 0 Å². The predicted molar refractivity (Wildman–Crippen MR) is 58.7 cm³/mol. The van der Waals surface area contributed by atoms with Gasteiger partial charge in [-0.2, -0.15) is 0 Å². The van der Waals surface area contributed by atoms with Crippen molar-refractivity contribution < 1.29 is 4.39 Å². The van der Waals surface area contributed by atoms with Crippen molar-refractivity contribution in [3.8, 4) is 0 Å². The molecule has 0 aliphatic carbocycles. The molecule has 0 heterocycles. The Bertz CT molecular complexity index is 334. The van der Waals surface area contributed by atoms with Crippen LogP contribution in [-0.4, -0.2) is 6.54 Å². The van der Waals surface area contributed by atoms with Crippen molar-refractivity contribution in [2.24, 2.45) is 0 Å². The molecule has 0 saturated heterocycles. The molecule has 0 unspecified atom stereocenters. The van der Waals surface area contributed by atoms with E-state index in [0.717, 1.165) is 12.0 Å². The van der Waals surface area contributed by atoms with E-state index in [1.54, 1.807) is 6.07 Å². The summed E-state index contributed by atoms with van der Waals surface area (Å²) < 4.78 is 12.8. The van der Waals surface area contributed by atoms with Gasteiger partial charge in [0, 0.05) is 6.54 Å². The van der Waals surface area contributed by atoms with Crippen molar-refractivity contribution in [2.45, 2.75) is 13.3 Å². The van der Waals surface area contributed by atoms with Gasteiger partial charge < -0.3 is 11.1 Å². The van der Waals surface area contributed by atoms with Crippen LogP contribution in [0.15, 0.2) is 30.4 Å². The van der Waals surface area contributed by atoms with Gasteiger partial charge >= 0.3 is 0 Å². The highest BCUT2D eigenvalue weighted by Crippen LogP contribution is 2.19. The summed E-state index contributed by atoms with van der Waals surface area (Å²) in [5, 5.41) is 3.04. The molecule has 0 aliphatic rings. The smallest absolute Gasteiger partial charge is 0.125 e. The number of benzene rings is 1. The van der Waals surface area contributed by atoms with Crippen LogP contribution in [0.25, 0.3) is 0 Å². The molecule has 0 radical (unpaired) electrons. The predicted octanol–water partition coefficient (Wildman–Crippen LogP) is 2.79. The molecule has 14 heavy (non-hydrogen) atoms. The molecule has 2 nitrogen and oxygen atoms in total. The molecule has 1 aromatic carbocycles. The first kappa shape index (κ1) is 10.6. The highest BCUT2D eigenvalue weighted by Gasteiger charge is 2.00. The van der Waals surface area contributed by atoms with Crippen molar-refractivity contribution in [1.29, 1.82) is 0 Å². The van der Waals surface area contributed by atoms with E-state index in [1.165, 1.54) is 12.1 Å². The standard InChI is InChI=1S/C11H15FN2/c1-3-8(2)7-14-11-6-9(12)4-5-10(11)13/h4-6,14H,2-3,7,13H2,1H3. The molecule has 0 aromatic heterocycles. The van der Waals surface area contributed by atoms with Crippen molar-refractivity contribution in [3.05, 3.63) is 36.2 Å². The molecule has 1 aromatic rings. The second-order valence-electron chi connectivity index (χ2n) is 3.19. The second-order valence-corrected chi connectivity index (χ2v) is 3.19. The quantitative estimate of drug-likeness (QED) is 0.571. The summed E-state index contributed by atoms with van der Waals surface area (Å²) in [4.78, 5) is 0. The molecule has 0 bridgehead atoms. The Morgan fingerprint density at radius 2 is 2.29 bits per heavy atom. The van der Waals surface area contributed by atoms with E-state index in [4.69, 9.17) is 5.73 Å². The molecule has 76 valence electrons. The maximum Gasteiger partial charge on any atom is 0.125 e. The van der Waals surface area contributed by atoms with E-state index in [0.29, 0.717) is 17.9 Å². The number of anilines is 2. The van der Waals surface area contributed by atoms with Crippen LogP contribution in [0, 0.1) is 5.82 Å². The topological polar surface area (TPSA) is 38.0 Å². The van der Waals surface area contributed by atoms with Crippen LogP contribution in [0.5, 0.6) is 0 Å². The first-order valence-corrected chi connectivity index (χ1v) is 4.59. The summed E-state index contributed by atoms with van der Waals surface area (Å²) in [5.41, 5.74) is 7.90. The Kier molecular flexibility index (Phi) is 3.51. The first-order valence-electron chi connectivity index (χ1n) is 4.59. The summed E-state index contributed by atoms with van der Waals surface area (Å²) in [7, 11) is 0. The fraction of sp³-hybridized carbons (Fsp3) is 0.273. The monoisotopic (exact) mass is 194 g/mol. The van der Waals surface area contributed by atoms with Crippen LogP contribution in [0.1, 0.15) is 13.3 Å². The van der Waals surface area contributed by atoms with Crippen LogP contribution in [0.3, 0.4) is 0 Å². The third-order valence-corrected chi connectivity index (χ3v) is 2.04. The van der Waals surface area contributed by atoms with Gasteiger partial charge in [0.2, 0.25) is 0 Å². The van der Waals surface area contributed by atoms with Gasteiger partial charge in [0.1, 0.15) is 5.82 Å². The lowest BCUT2D eigenvalue weighted by Crippen LogP contribution is -2.05. The normalized spacial score (nSPS) is 9.86. The van der Waals surface area contributed by atoms with Crippen molar-refractivity contribution >= 4 is 11.4 Å². The zero-order valence-corrected chi connectivity index (χ0v) is 8.31. The number of nitrogen functional groups attached to an aromatic ring is 1. The lowest BCUT2D eigenvalue weighted by molar-refractivity contribution is 0.628. The van der Waals surface area contributed by atoms with Crippen LogP contribution < -0.4 is 11.1 Å². The SMILES string of the molecule is C=C(CC)CNc1cc(F)ccc1N. The van der Waals surface area contributed by atoms with E-state index in [9.17, 15) is 4.39 Å². The fourth-order valence-electron chi connectivity index (χ4n) is 1.03. The fourth-order valence-corrected chi connectivity index (χ4v) is 1.03. The van der Waals surface area contributed by atoms with E-state index in [-0.39, 0.29) is 5.82 Å². The summed E-state index contributed by atoms with van der Waals surface area (Å²) in [5.74, 6) is -0.288. The molecular formula is C11H15FN2. The van der Waals surface area contributed by atoms with Crippen molar-refractivity contribution in [2.75, 3.05) is 17.6 Å². The van der Waals surface area contributed by atoms with E-state index in [1.807, 2.05) is 6.92 Å². The number of halogens is 1. The maximum atomic E-state index is 12.8. The Hall–Kier alpha value is -1.51. The number of nitrogens with two attached hydrogens (primary N) is 1. The van der Waals surface area contributed by atoms with Gasteiger partial charge in [-0.25, -0.2) is 4.39 Å². The Morgan fingerprint density at radius 3 is 2.93 bits per heavy atom. The van der Waals surface area contributed by atoms with Crippen LogP contribution >= 0.6 is 0 Å². The average molecular weight is 194 g/mol. The molecule has 3 heteroatoms. The van der Waals surface area contributed by atoms with Crippen LogP contribution in [0.2, 0.25) is 0 Å². The number of hydrogen-bond donors (Lipinski definition) is 2. The summed E-state index contributed by atoms with van der Waals surface area (Å²) in [6.07, 6.45) is 0.905. The van der Waals surface area contributed by atoms with Crippen LogP contribution in [0.4, 0.5) is 15.8 Å². The van der Waals surface area contributed by atoms with Gasteiger partial charge in [0.25, 0.3) is 0 Å². The van der Waals surface area contributed by atoms with Gasteiger partial charge in [-0.1, -0.05) is 19.1 Å². The minimum Gasteiger partial charge on any atom is -0.397 e. The van der Waals surface area contributed by atoms with Gasteiger partial charge in [0.05, 0.1) is 11.4 Å². The van der Waals surface area contributed by atoms with Gasteiger partial charge in [-0.3, -0.25) is 0 Å². The Labute approximate surface area is 83.6 Å². The zero-order valence-electron chi connectivity index (χ0n) is 8.31. The third-order valence-electron chi connectivity index (χ3n) is 2.04. The highest BCUT2D eigenvalue weighted by molar-refractivity contribution is 5.66. The lowest BCUT2D eigenvalue weighted by atomic mass is 10.2. The van der Waals surface area contributed by atoms with E-state index in [2.05, 4.69) is 11.9 Å². The lowest BCUT2D eigenvalue weighted by Gasteiger charge is -2.09. The van der Waals surface area contributed by atoms with Crippen LogP contribution in [-0.2, 0) is 0 Å². The molecule has 1 rings (SSSR count). The molecule has 0 atom stereocenters. The molecule has 0 amide bonds. The molecule has 3 N–H and O–H groups in total. The first-order chi connectivity index (χ1) is 6.63. The summed E-state index contributed by atoms with van der Waals surface area (Å²) >= 11 is 0. The van der Waals surface area contributed by atoms with Gasteiger partial charge in [-0.15, -0.1) is 0 Å².